The van der Waals surface area contributed by atoms with E-state index >= 15 is 0 Å². The predicted molar refractivity (Wildman–Crippen MR) is 64.8 cm³/mol. The van der Waals surface area contributed by atoms with Crippen LogP contribution in [-0.4, -0.2) is 28.1 Å². The normalized spacial score (nSPS) is 11.8. The van der Waals surface area contributed by atoms with Gasteiger partial charge in [0, 0.05) is 13.0 Å². The molecule has 1 rings (SSSR count). The number of carboxylic acid groups (broad SMARTS) is 1. The van der Waals surface area contributed by atoms with Gasteiger partial charge in [-0.15, -0.1) is 0 Å². The maximum absolute atomic E-state index is 11.4. The zero-order valence-electron chi connectivity index (χ0n) is 9.80. The smallest absolute Gasteiger partial charge is 0.320 e. The summed E-state index contributed by atoms with van der Waals surface area (Å²) in [5.74, 6) is -1.20. The molecule has 6 heteroatoms. The van der Waals surface area contributed by atoms with Crippen molar-refractivity contribution in [2.45, 2.75) is 25.4 Å². The summed E-state index contributed by atoms with van der Waals surface area (Å²) < 4.78 is 0. The van der Waals surface area contributed by atoms with Crippen molar-refractivity contribution in [3.63, 3.8) is 0 Å². The molecule has 0 fully saturated rings. The zero-order valence-corrected chi connectivity index (χ0v) is 9.80. The summed E-state index contributed by atoms with van der Waals surface area (Å²) >= 11 is 0. The third kappa shape index (κ3) is 4.84. The number of benzene rings is 1. The summed E-state index contributed by atoms with van der Waals surface area (Å²) in [6.45, 7) is 0.335. The van der Waals surface area contributed by atoms with Gasteiger partial charge in [-0.1, -0.05) is 12.1 Å². The van der Waals surface area contributed by atoms with Gasteiger partial charge in [0.25, 0.3) is 0 Å². The van der Waals surface area contributed by atoms with Crippen LogP contribution in [0.15, 0.2) is 24.3 Å². The molecule has 0 radical (unpaired) electrons. The Balaban J connectivity index is 2.29. The number of aromatic hydroxyl groups is 1. The number of rotatable bonds is 6. The average Bonchev–Trinajstić information content (AvgIpc) is 2.35. The van der Waals surface area contributed by atoms with E-state index in [-0.39, 0.29) is 24.5 Å². The average molecular weight is 252 g/mol. The van der Waals surface area contributed by atoms with Crippen LogP contribution in [0.3, 0.4) is 0 Å². The number of hydrogen-bond donors (Lipinski definition) is 4. The fraction of sp³-hybridized carbons (Fsp3) is 0.333. The van der Waals surface area contributed by atoms with Gasteiger partial charge in [0.1, 0.15) is 11.8 Å². The lowest BCUT2D eigenvalue weighted by atomic mass is 10.1. The molecule has 0 saturated heterocycles. The van der Waals surface area contributed by atoms with Crippen LogP contribution in [0.2, 0.25) is 0 Å². The Morgan fingerprint density at radius 3 is 2.44 bits per heavy atom. The highest BCUT2D eigenvalue weighted by Crippen LogP contribution is 2.09. The summed E-state index contributed by atoms with van der Waals surface area (Å²) in [6.07, 6.45) is 0.183. The summed E-state index contributed by atoms with van der Waals surface area (Å²) in [5, 5.41) is 20.3. The number of carboxylic acids is 1. The molecule has 98 valence electrons. The molecule has 18 heavy (non-hydrogen) atoms. The molecule has 5 N–H and O–H groups in total. The van der Waals surface area contributed by atoms with Gasteiger partial charge in [-0.25, -0.2) is 0 Å². The Morgan fingerprint density at radius 2 is 1.89 bits per heavy atom. The van der Waals surface area contributed by atoms with Crippen LogP contribution >= 0.6 is 0 Å². The van der Waals surface area contributed by atoms with Crippen molar-refractivity contribution in [2.24, 2.45) is 5.73 Å². The Morgan fingerprint density at radius 1 is 1.28 bits per heavy atom. The second-order valence-electron chi connectivity index (χ2n) is 3.93. The van der Waals surface area contributed by atoms with Gasteiger partial charge in [-0.2, -0.15) is 0 Å². The highest BCUT2D eigenvalue weighted by molar-refractivity contribution is 5.78. The van der Waals surface area contributed by atoms with E-state index in [1.54, 1.807) is 12.1 Å². The summed E-state index contributed by atoms with van der Waals surface area (Å²) in [4.78, 5) is 21.8. The minimum absolute atomic E-state index is 0.0750. The Kier molecular flexibility index (Phi) is 5.13. The topological polar surface area (TPSA) is 113 Å². The standard InChI is InChI=1S/C12H16N2O4/c13-10(12(17)18)5-6-11(16)14-7-8-1-3-9(15)4-2-8/h1-4,10,15H,5-7,13H2,(H,14,16)(H,17,18). The third-order valence-corrected chi connectivity index (χ3v) is 2.43. The molecule has 0 spiro atoms. The molecule has 1 atom stereocenters. The second-order valence-corrected chi connectivity index (χ2v) is 3.93. The summed E-state index contributed by atoms with van der Waals surface area (Å²) in [5.41, 5.74) is 6.13. The first-order valence-electron chi connectivity index (χ1n) is 5.52. The maximum atomic E-state index is 11.4. The second kappa shape index (κ2) is 6.61. The number of nitrogens with two attached hydrogens (primary N) is 1. The van der Waals surface area contributed by atoms with Gasteiger partial charge < -0.3 is 21.3 Å². The van der Waals surface area contributed by atoms with E-state index in [0.717, 1.165) is 5.56 Å². The zero-order chi connectivity index (χ0) is 13.5. The van der Waals surface area contributed by atoms with Gasteiger partial charge in [-0.05, 0) is 24.1 Å². The predicted octanol–water partition coefficient (Wildman–Crippen LogP) is 0.200. The van der Waals surface area contributed by atoms with E-state index in [2.05, 4.69) is 5.32 Å². The fourth-order valence-corrected chi connectivity index (χ4v) is 1.31. The van der Waals surface area contributed by atoms with Crippen molar-refractivity contribution >= 4 is 11.9 Å². The van der Waals surface area contributed by atoms with Crippen LogP contribution in [0.4, 0.5) is 0 Å². The van der Waals surface area contributed by atoms with Gasteiger partial charge in [-0.3, -0.25) is 9.59 Å². The molecular weight excluding hydrogens is 236 g/mol. The molecular formula is C12H16N2O4. The molecule has 1 aromatic carbocycles. The first-order chi connectivity index (χ1) is 8.49. The number of aliphatic carboxylic acids is 1. The van der Waals surface area contributed by atoms with Crippen LogP contribution in [0.25, 0.3) is 0 Å². The van der Waals surface area contributed by atoms with E-state index < -0.39 is 12.0 Å². The van der Waals surface area contributed by atoms with Crippen molar-refractivity contribution in [3.05, 3.63) is 29.8 Å². The van der Waals surface area contributed by atoms with Crippen molar-refractivity contribution in [1.82, 2.24) is 5.32 Å². The van der Waals surface area contributed by atoms with Gasteiger partial charge in [0.05, 0.1) is 0 Å². The van der Waals surface area contributed by atoms with Crippen molar-refractivity contribution in [1.29, 1.82) is 0 Å². The largest absolute Gasteiger partial charge is 0.508 e. The van der Waals surface area contributed by atoms with Crippen LogP contribution < -0.4 is 11.1 Å². The number of hydrogen-bond acceptors (Lipinski definition) is 4. The van der Waals surface area contributed by atoms with Crippen molar-refractivity contribution in [2.75, 3.05) is 0 Å². The lowest BCUT2D eigenvalue weighted by Gasteiger charge is -2.07. The Bertz CT molecular complexity index is 417. The number of amides is 1. The SMILES string of the molecule is NC(CCC(=O)NCc1ccc(O)cc1)C(=O)O. The number of carbonyl (C=O) groups is 2. The number of phenolic OH excluding ortho intramolecular Hbond substituents is 1. The Hall–Kier alpha value is -2.08. The lowest BCUT2D eigenvalue weighted by Crippen LogP contribution is -2.32. The molecule has 1 amide bonds. The lowest BCUT2D eigenvalue weighted by molar-refractivity contribution is -0.138. The number of phenols is 1. The highest BCUT2D eigenvalue weighted by Gasteiger charge is 2.13. The first kappa shape index (κ1) is 14.0. The molecule has 6 nitrogen and oxygen atoms in total. The van der Waals surface area contributed by atoms with Crippen LogP contribution in [0.1, 0.15) is 18.4 Å². The van der Waals surface area contributed by atoms with Gasteiger partial charge in [0.2, 0.25) is 5.91 Å². The van der Waals surface area contributed by atoms with E-state index in [1.165, 1.54) is 12.1 Å². The van der Waals surface area contributed by atoms with Crippen molar-refractivity contribution < 1.29 is 19.8 Å². The molecule has 1 aromatic rings. The van der Waals surface area contributed by atoms with E-state index in [4.69, 9.17) is 15.9 Å². The third-order valence-electron chi connectivity index (χ3n) is 2.43. The molecule has 0 aliphatic heterocycles. The van der Waals surface area contributed by atoms with Crippen LogP contribution in [0.5, 0.6) is 5.75 Å². The molecule has 0 saturated carbocycles. The first-order valence-corrected chi connectivity index (χ1v) is 5.52. The summed E-state index contributed by atoms with van der Waals surface area (Å²) in [6, 6.07) is 5.44. The van der Waals surface area contributed by atoms with Crippen molar-refractivity contribution in [3.8, 4) is 5.75 Å². The number of carbonyl (C=O) groups excluding carboxylic acids is 1. The van der Waals surface area contributed by atoms with E-state index in [1.807, 2.05) is 0 Å². The quantitative estimate of drug-likeness (QED) is 0.577. The molecule has 0 aliphatic carbocycles. The van der Waals surface area contributed by atoms with E-state index in [0.29, 0.717) is 6.54 Å². The molecule has 1 unspecified atom stereocenters. The van der Waals surface area contributed by atoms with Crippen LogP contribution in [0, 0.1) is 0 Å². The summed E-state index contributed by atoms with van der Waals surface area (Å²) in [7, 11) is 0. The van der Waals surface area contributed by atoms with Gasteiger partial charge >= 0.3 is 5.97 Å². The fourth-order valence-electron chi connectivity index (χ4n) is 1.31. The molecule has 0 aliphatic rings. The maximum Gasteiger partial charge on any atom is 0.320 e. The highest BCUT2D eigenvalue weighted by atomic mass is 16.4. The minimum Gasteiger partial charge on any atom is -0.508 e. The number of nitrogens with one attached hydrogen (secondary N) is 1. The van der Waals surface area contributed by atoms with Gasteiger partial charge in [0.15, 0.2) is 0 Å². The van der Waals surface area contributed by atoms with E-state index in [9.17, 15) is 9.59 Å². The Labute approximate surface area is 104 Å². The molecule has 0 bridgehead atoms. The monoisotopic (exact) mass is 252 g/mol. The molecule has 0 heterocycles. The van der Waals surface area contributed by atoms with Crippen LogP contribution in [-0.2, 0) is 16.1 Å². The molecule has 0 aromatic heterocycles. The minimum atomic E-state index is -1.11.